The van der Waals surface area contributed by atoms with Crippen molar-refractivity contribution in [2.24, 2.45) is 0 Å². The van der Waals surface area contributed by atoms with Crippen molar-refractivity contribution in [2.45, 2.75) is 19.1 Å². The maximum absolute atomic E-state index is 13.0. The lowest BCUT2D eigenvalue weighted by Gasteiger charge is -2.32. The predicted octanol–water partition coefficient (Wildman–Crippen LogP) is 2.80. The highest BCUT2D eigenvalue weighted by molar-refractivity contribution is 5.81. The Hall–Kier alpha value is -2.40. The van der Waals surface area contributed by atoms with Gasteiger partial charge >= 0.3 is 0 Å². The van der Waals surface area contributed by atoms with Crippen molar-refractivity contribution in [2.75, 3.05) is 20.3 Å². The predicted molar refractivity (Wildman–Crippen MR) is 88.3 cm³/mol. The van der Waals surface area contributed by atoms with Gasteiger partial charge in [0.05, 0.1) is 13.7 Å². The number of hydrogen-bond donors (Lipinski definition) is 0. The van der Waals surface area contributed by atoms with Crippen molar-refractivity contribution in [3.05, 3.63) is 65.5 Å². The Morgan fingerprint density at radius 2 is 1.79 bits per heavy atom. The van der Waals surface area contributed by atoms with Crippen molar-refractivity contribution in [3.8, 4) is 5.75 Å². The van der Waals surface area contributed by atoms with Crippen LogP contribution in [0.25, 0.3) is 0 Å². The van der Waals surface area contributed by atoms with E-state index in [9.17, 15) is 9.18 Å². The number of rotatable bonds is 5. The van der Waals surface area contributed by atoms with Gasteiger partial charge in [-0.25, -0.2) is 4.39 Å². The smallest absolute Gasteiger partial charge is 0.252 e. The Morgan fingerprint density at radius 3 is 2.46 bits per heavy atom. The number of carbonyl (C=O) groups is 1. The van der Waals surface area contributed by atoms with E-state index in [1.54, 1.807) is 24.1 Å². The van der Waals surface area contributed by atoms with Crippen LogP contribution in [0.3, 0.4) is 0 Å². The van der Waals surface area contributed by atoms with Gasteiger partial charge < -0.3 is 14.4 Å². The number of hydrogen-bond acceptors (Lipinski definition) is 3. The Balaban J connectivity index is 1.64. The molecule has 1 unspecified atom stereocenters. The van der Waals surface area contributed by atoms with Crippen LogP contribution in [0.1, 0.15) is 11.1 Å². The van der Waals surface area contributed by atoms with E-state index in [0.717, 1.165) is 16.9 Å². The van der Waals surface area contributed by atoms with E-state index in [0.29, 0.717) is 26.1 Å². The lowest BCUT2D eigenvalue weighted by Crippen LogP contribution is -2.48. The van der Waals surface area contributed by atoms with Crippen LogP contribution >= 0.6 is 0 Å². The molecule has 1 saturated heterocycles. The Morgan fingerprint density at radius 1 is 1.12 bits per heavy atom. The number of morpholine rings is 1. The summed E-state index contributed by atoms with van der Waals surface area (Å²) in [6.45, 7) is 1.63. The maximum Gasteiger partial charge on any atom is 0.252 e. The lowest BCUT2D eigenvalue weighted by atomic mass is 10.1. The first kappa shape index (κ1) is 16.5. The topological polar surface area (TPSA) is 38.8 Å². The molecule has 1 heterocycles. The van der Waals surface area contributed by atoms with E-state index in [1.807, 2.05) is 24.3 Å². The standard InChI is InChI=1S/C19H20FNO3/c1-23-17-8-4-15(5-9-17)13-21-10-11-24-18(19(21)22)12-14-2-6-16(20)7-3-14/h2-9,18H,10-13H2,1H3. The van der Waals surface area contributed by atoms with Crippen LogP contribution < -0.4 is 4.74 Å². The number of methoxy groups -OCH3 is 1. The number of amides is 1. The van der Waals surface area contributed by atoms with Crippen LogP contribution in [-0.4, -0.2) is 37.2 Å². The molecule has 2 aromatic rings. The molecule has 0 aromatic heterocycles. The molecule has 2 aromatic carbocycles. The Kier molecular flexibility index (Phi) is 5.11. The van der Waals surface area contributed by atoms with Gasteiger partial charge in [-0.2, -0.15) is 0 Å². The fourth-order valence-electron chi connectivity index (χ4n) is 2.78. The molecule has 24 heavy (non-hydrogen) atoms. The molecule has 1 atom stereocenters. The van der Waals surface area contributed by atoms with Gasteiger partial charge in [0.2, 0.25) is 0 Å². The van der Waals surface area contributed by atoms with Gasteiger partial charge in [-0.05, 0) is 35.4 Å². The van der Waals surface area contributed by atoms with Crippen LogP contribution in [0.15, 0.2) is 48.5 Å². The molecule has 4 nitrogen and oxygen atoms in total. The van der Waals surface area contributed by atoms with Crippen LogP contribution in [0.5, 0.6) is 5.75 Å². The van der Waals surface area contributed by atoms with Crippen LogP contribution in [-0.2, 0) is 22.5 Å². The van der Waals surface area contributed by atoms with E-state index in [1.165, 1.54) is 12.1 Å². The van der Waals surface area contributed by atoms with Crippen molar-refractivity contribution in [1.29, 1.82) is 0 Å². The number of carbonyl (C=O) groups excluding carboxylic acids is 1. The minimum atomic E-state index is -0.512. The molecular weight excluding hydrogens is 309 g/mol. The van der Waals surface area contributed by atoms with Gasteiger partial charge in [0.1, 0.15) is 17.7 Å². The maximum atomic E-state index is 13.0. The zero-order valence-corrected chi connectivity index (χ0v) is 13.6. The van der Waals surface area contributed by atoms with E-state index in [2.05, 4.69) is 0 Å². The first-order chi connectivity index (χ1) is 11.7. The molecule has 1 aliphatic heterocycles. The molecule has 5 heteroatoms. The molecule has 126 valence electrons. The minimum Gasteiger partial charge on any atom is -0.497 e. The minimum absolute atomic E-state index is 0.0265. The molecule has 1 amide bonds. The van der Waals surface area contributed by atoms with Crippen molar-refractivity contribution in [1.82, 2.24) is 4.90 Å². The summed E-state index contributed by atoms with van der Waals surface area (Å²) >= 11 is 0. The molecular formula is C19H20FNO3. The molecule has 1 aliphatic rings. The molecule has 1 fully saturated rings. The zero-order valence-electron chi connectivity index (χ0n) is 13.6. The highest BCUT2D eigenvalue weighted by atomic mass is 19.1. The number of benzene rings is 2. The summed E-state index contributed by atoms with van der Waals surface area (Å²) in [6, 6.07) is 13.9. The summed E-state index contributed by atoms with van der Waals surface area (Å²) < 4.78 is 23.8. The molecule has 0 bridgehead atoms. The SMILES string of the molecule is COc1ccc(CN2CCOC(Cc3ccc(F)cc3)C2=O)cc1. The quantitative estimate of drug-likeness (QED) is 0.847. The van der Waals surface area contributed by atoms with E-state index in [4.69, 9.17) is 9.47 Å². The lowest BCUT2D eigenvalue weighted by molar-refractivity contribution is -0.153. The van der Waals surface area contributed by atoms with E-state index >= 15 is 0 Å². The van der Waals surface area contributed by atoms with Gasteiger partial charge in [0.25, 0.3) is 5.91 Å². The molecule has 0 N–H and O–H groups in total. The summed E-state index contributed by atoms with van der Waals surface area (Å²) in [5.74, 6) is 0.485. The summed E-state index contributed by atoms with van der Waals surface area (Å²) in [4.78, 5) is 14.4. The number of ether oxygens (including phenoxy) is 2. The third-order valence-electron chi connectivity index (χ3n) is 4.13. The van der Waals surface area contributed by atoms with Gasteiger partial charge in [0.15, 0.2) is 0 Å². The average Bonchev–Trinajstić information content (AvgIpc) is 2.61. The Bertz CT molecular complexity index is 685. The highest BCUT2D eigenvalue weighted by Crippen LogP contribution is 2.18. The molecule has 0 aliphatic carbocycles. The van der Waals surface area contributed by atoms with Crippen LogP contribution in [0.2, 0.25) is 0 Å². The van der Waals surface area contributed by atoms with Crippen LogP contribution in [0, 0.1) is 5.82 Å². The number of halogens is 1. The summed E-state index contributed by atoms with van der Waals surface area (Å²) in [5, 5.41) is 0. The Labute approximate surface area is 140 Å². The second kappa shape index (κ2) is 7.45. The molecule has 0 saturated carbocycles. The summed E-state index contributed by atoms with van der Waals surface area (Å²) in [5.41, 5.74) is 1.94. The van der Waals surface area contributed by atoms with Gasteiger partial charge in [0, 0.05) is 19.5 Å². The summed E-state index contributed by atoms with van der Waals surface area (Å²) in [7, 11) is 1.63. The molecule has 0 spiro atoms. The third-order valence-corrected chi connectivity index (χ3v) is 4.13. The van der Waals surface area contributed by atoms with Crippen molar-refractivity contribution in [3.63, 3.8) is 0 Å². The van der Waals surface area contributed by atoms with Gasteiger partial charge in [-0.1, -0.05) is 24.3 Å². The van der Waals surface area contributed by atoms with E-state index in [-0.39, 0.29) is 11.7 Å². The first-order valence-corrected chi connectivity index (χ1v) is 7.93. The normalized spacial score (nSPS) is 17.8. The second-order valence-electron chi connectivity index (χ2n) is 5.80. The average molecular weight is 329 g/mol. The van der Waals surface area contributed by atoms with Crippen molar-refractivity contribution < 1.29 is 18.7 Å². The second-order valence-corrected chi connectivity index (χ2v) is 5.80. The number of nitrogens with zero attached hydrogens (tertiary/aromatic N) is 1. The fraction of sp³-hybridized carbons (Fsp3) is 0.316. The summed E-state index contributed by atoms with van der Waals surface area (Å²) in [6.07, 6.45) is -0.0550. The van der Waals surface area contributed by atoms with Gasteiger partial charge in [-0.15, -0.1) is 0 Å². The third kappa shape index (κ3) is 3.92. The zero-order chi connectivity index (χ0) is 16.9. The fourth-order valence-corrected chi connectivity index (χ4v) is 2.78. The molecule has 0 radical (unpaired) electrons. The first-order valence-electron chi connectivity index (χ1n) is 7.93. The molecule has 3 rings (SSSR count). The monoisotopic (exact) mass is 329 g/mol. The van der Waals surface area contributed by atoms with Crippen molar-refractivity contribution >= 4 is 5.91 Å². The van der Waals surface area contributed by atoms with Crippen LogP contribution in [0.4, 0.5) is 4.39 Å². The van der Waals surface area contributed by atoms with E-state index < -0.39 is 6.10 Å². The highest BCUT2D eigenvalue weighted by Gasteiger charge is 2.29. The van der Waals surface area contributed by atoms with Gasteiger partial charge in [-0.3, -0.25) is 4.79 Å². The largest absolute Gasteiger partial charge is 0.497 e.